The fourth-order valence-corrected chi connectivity index (χ4v) is 10.7. The normalized spacial score (nSPS) is 16.8. The summed E-state index contributed by atoms with van der Waals surface area (Å²) in [5.41, 5.74) is 0.0926. The number of carboxylic acid groups (broad SMARTS) is 1. The molecule has 1 saturated heterocycles. The second-order valence-electron chi connectivity index (χ2n) is 10.6. The first-order valence-electron chi connectivity index (χ1n) is 14.3. The van der Waals surface area contributed by atoms with Gasteiger partial charge < -0.3 is 14.9 Å². The highest BCUT2D eigenvalue weighted by Crippen LogP contribution is 2.50. The fourth-order valence-electron chi connectivity index (χ4n) is 5.72. The molecular weight excluding hydrogens is 609 g/mol. The Labute approximate surface area is 265 Å². The first-order valence-corrected chi connectivity index (χ1v) is 16.9. The SMILES string of the molecule is C=CCC(=O)OC(N1C(=O)C(C(C)O)C1CC(=O)c1ccc(C(=O)O)s1)=P(c1ccccc1)(c1ccccc1)c1ccccc1. The average molecular weight is 642 g/mol. The van der Waals surface area contributed by atoms with E-state index >= 15 is 0 Å². The predicted octanol–water partition coefficient (Wildman–Crippen LogP) is 4.43. The van der Waals surface area contributed by atoms with Crippen molar-refractivity contribution in [3.05, 3.63) is 126 Å². The first-order chi connectivity index (χ1) is 21.7. The zero-order valence-electron chi connectivity index (χ0n) is 24.5. The van der Waals surface area contributed by atoms with Crippen LogP contribution in [0.15, 0.2) is 116 Å². The van der Waals surface area contributed by atoms with Crippen LogP contribution in [-0.4, -0.2) is 56.5 Å². The number of hydrogen-bond acceptors (Lipinski definition) is 7. The summed E-state index contributed by atoms with van der Waals surface area (Å²) in [7, 11) is 0. The number of aromatic carboxylic acids is 1. The second-order valence-corrected chi connectivity index (χ2v) is 14.9. The smallest absolute Gasteiger partial charge is 0.345 e. The summed E-state index contributed by atoms with van der Waals surface area (Å²) >= 11 is 0.848. The number of aliphatic hydroxyl groups excluding tert-OH is 1. The first kappa shape index (κ1) is 31.9. The molecule has 45 heavy (non-hydrogen) atoms. The minimum atomic E-state index is -3.14. The number of thiophene rings is 1. The van der Waals surface area contributed by atoms with Crippen LogP contribution in [0, 0.1) is 5.92 Å². The van der Waals surface area contributed by atoms with Crippen molar-refractivity contribution < 1.29 is 34.1 Å². The van der Waals surface area contributed by atoms with Crippen molar-refractivity contribution in [1.29, 1.82) is 0 Å². The number of benzene rings is 3. The molecule has 8 nitrogen and oxygen atoms in total. The van der Waals surface area contributed by atoms with Gasteiger partial charge in [-0.05, 0) is 35.0 Å². The Morgan fingerprint density at radius 2 is 1.38 bits per heavy atom. The average Bonchev–Trinajstić information content (AvgIpc) is 3.54. The van der Waals surface area contributed by atoms with Crippen LogP contribution in [0.4, 0.5) is 0 Å². The minimum absolute atomic E-state index is 0.0137. The van der Waals surface area contributed by atoms with Crippen LogP contribution in [0.5, 0.6) is 0 Å². The van der Waals surface area contributed by atoms with Crippen LogP contribution in [0.25, 0.3) is 0 Å². The maximum absolute atomic E-state index is 14.1. The molecule has 10 heteroatoms. The van der Waals surface area contributed by atoms with Gasteiger partial charge in [-0.3, -0.25) is 19.3 Å². The van der Waals surface area contributed by atoms with E-state index in [0.717, 1.165) is 27.3 Å². The molecule has 0 spiro atoms. The number of carboxylic acids is 1. The Balaban J connectivity index is 1.82. The van der Waals surface area contributed by atoms with Gasteiger partial charge in [-0.25, -0.2) is 4.79 Å². The quantitative estimate of drug-likeness (QED) is 0.0772. The summed E-state index contributed by atoms with van der Waals surface area (Å²) in [6.07, 6.45) is -0.0305. The molecule has 3 unspecified atom stereocenters. The van der Waals surface area contributed by atoms with Crippen LogP contribution in [0.2, 0.25) is 0 Å². The Morgan fingerprint density at radius 1 is 0.889 bits per heavy atom. The van der Waals surface area contributed by atoms with Crippen molar-refractivity contribution in [2.45, 2.75) is 31.9 Å². The van der Waals surface area contributed by atoms with E-state index in [-0.39, 0.29) is 34.0 Å². The Bertz CT molecular complexity index is 1680. The standard InChI is InChI=1S/C35H32NO7PS/c1-3-13-31(39)43-35(36-27(32(23(2)37)33(36)40)22-28(38)29-20-21-30(45-29)34(41)42)44(24-14-7-4-8-15-24,25-16-9-5-10-17-25)26-18-11-6-12-19-26/h3-12,14-21,23,27,32,37H,1,13,22H2,2H3,(H,41,42). The molecule has 1 aromatic heterocycles. The van der Waals surface area contributed by atoms with E-state index in [1.807, 2.05) is 91.0 Å². The second kappa shape index (κ2) is 13.6. The largest absolute Gasteiger partial charge is 0.477 e. The van der Waals surface area contributed by atoms with Gasteiger partial charge in [0.15, 0.2) is 5.78 Å². The summed E-state index contributed by atoms with van der Waals surface area (Å²) in [6, 6.07) is 30.5. The van der Waals surface area contributed by atoms with E-state index in [0.29, 0.717) is 0 Å². The third-order valence-electron chi connectivity index (χ3n) is 7.71. The number of ether oxygens (including phenoxy) is 1. The Morgan fingerprint density at radius 3 is 1.80 bits per heavy atom. The number of ketones is 1. The minimum Gasteiger partial charge on any atom is -0.477 e. The summed E-state index contributed by atoms with van der Waals surface area (Å²) in [4.78, 5) is 54.2. The molecule has 0 radical (unpaired) electrons. The lowest BCUT2D eigenvalue weighted by atomic mass is 9.81. The lowest BCUT2D eigenvalue weighted by Crippen LogP contribution is -2.67. The molecule has 1 aliphatic rings. The molecule has 3 atom stereocenters. The number of amides is 1. The lowest BCUT2D eigenvalue weighted by molar-refractivity contribution is -0.157. The zero-order chi connectivity index (χ0) is 32.1. The number of hydrogen-bond donors (Lipinski definition) is 2. The Hall–Kier alpha value is -4.56. The molecule has 0 aliphatic carbocycles. The van der Waals surface area contributed by atoms with Crippen LogP contribution in [0.3, 0.4) is 0 Å². The van der Waals surface area contributed by atoms with Gasteiger partial charge in [0.25, 0.3) is 0 Å². The molecule has 2 N–H and O–H groups in total. The number of rotatable bonds is 12. The monoisotopic (exact) mass is 641 g/mol. The molecule has 1 aliphatic heterocycles. The summed E-state index contributed by atoms with van der Waals surface area (Å²) in [5, 5.41) is 22.6. The number of Topliss-reactive ketones (excluding diaryl/α,β-unsaturated/α-hetero) is 1. The van der Waals surface area contributed by atoms with Crippen LogP contribution in [-0.2, 0) is 14.3 Å². The van der Waals surface area contributed by atoms with Gasteiger partial charge in [-0.2, -0.15) is 0 Å². The summed E-state index contributed by atoms with van der Waals surface area (Å²) in [5.74, 6) is -3.59. The molecule has 0 bridgehead atoms. The van der Waals surface area contributed by atoms with Gasteiger partial charge in [-0.15, -0.1) is 17.9 Å². The molecule has 1 fully saturated rings. The highest BCUT2D eigenvalue weighted by Gasteiger charge is 2.55. The van der Waals surface area contributed by atoms with Gasteiger partial charge in [-0.1, -0.05) is 97.1 Å². The van der Waals surface area contributed by atoms with Gasteiger partial charge in [0, 0.05) is 13.3 Å². The molecule has 5 rings (SSSR count). The number of esters is 1. The van der Waals surface area contributed by atoms with Crippen LogP contribution < -0.4 is 15.9 Å². The van der Waals surface area contributed by atoms with Crippen LogP contribution >= 0.6 is 18.2 Å². The molecule has 4 aromatic rings. The topological polar surface area (TPSA) is 121 Å². The van der Waals surface area contributed by atoms with Gasteiger partial charge in [0.2, 0.25) is 11.5 Å². The highest BCUT2D eigenvalue weighted by molar-refractivity contribution is 7.95. The fraction of sp³-hybridized carbons (Fsp3) is 0.171. The highest BCUT2D eigenvalue weighted by atomic mass is 32.1. The maximum Gasteiger partial charge on any atom is 0.345 e. The summed E-state index contributed by atoms with van der Waals surface area (Å²) in [6.45, 7) is 2.02. The maximum atomic E-state index is 14.1. The number of nitrogens with zero attached hydrogens (tertiary/aromatic N) is 1. The molecule has 230 valence electrons. The molecule has 1 amide bonds. The van der Waals surface area contributed by atoms with Crippen molar-refractivity contribution in [3.63, 3.8) is 0 Å². The van der Waals surface area contributed by atoms with Crippen molar-refractivity contribution in [2.75, 3.05) is 0 Å². The predicted molar refractivity (Wildman–Crippen MR) is 177 cm³/mol. The van der Waals surface area contributed by atoms with E-state index in [2.05, 4.69) is 6.58 Å². The third-order valence-corrected chi connectivity index (χ3v) is 12.9. The van der Waals surface area contributed by atoms with E-state index < -0.39 is 42.8 Å². The van der Waals surface area contributed by atoms with Gasteiger partial charge >= 0.3 is 11.9 Å². The van der Waals surface area contributed by atoms with Crippen LogP contribution in [0.1, 0.15) is 39.1 Å². The van der Waals surface area contributed by atoms with Crippen molar-refractivity contribution >= 4 is 63.4 Å². The molecule has 0 saturated carbocycles. The van der Waals surface area contributed by atoms with E-state index in [1.54, 1.807) is 0 Å². The number of carbonyl (C=O) groups is 4. The third kappa shape index (κ3) is 6.07. The van der Waals surface area contributed by atoms with E-state index in [1.165, 1.54) is 30.0 Å². The van der Waals surface area contributed by atoms with Crippen molar-refractivity contribution in [2.24, 2.45) is 5.92 Å². The van der Waals surface area contributed by atoms with E-state index in [4.69, 9.17) is 4.74 Å². The number of likely N-dealkylation sites (tertiary alicyclic amines) is 1. The number of aliphatic hydroxyl groups is 1. The Kier molecular flexibility index (Phi) is 9.63. The molecule has 3 aromatic carbocycles. The molecule has 2 heterocycles. The van der Waals surface area contributed by atoms with Gasteiger partial charge in [0.05, 0.1) is 29.4 Å². The van der Waals surface area contributed by atoms with Crippen molar-refractivity contribution in [1.82, 2.24) is 4.90 Å². The van der Waals surface area contributed by atoms with Gasteiger partial charge in [0.1, 0.15) is 4.88 Å². The van der Waals surface area contributed by atoms with E-state index in [9.17, 15) is 29.4 Å². The molecular formula is C35H32NO7PS. The number of β-lactam (4-membered cyclic amide) rings is 1. The number of carbonyl (C=O) groups excluding carboxylic acids is 3. The zero-order valence-corrected chi connectivity index (χ0v) is 26.2. The summed E-state index contributed by atoms with van der Waals surface area (Å²) < 4.78 is 6.27. The van der Waals surface area contributed by atoms with Crippen molar-refractivity contribution in [3.8, 4) is 0 Å². The lowest BCUT2D eigenvalue weighted by Gasteiger charge is -2.50.